The second-order valence-electron chi connectivity index (χ2n) is 4.62. The largest absolute Gasteiger partial charge is 0.0622 e. The molecule has 0 spiro atoms. The van der Waals surface area contributed by atoms with Gasteiger partial charge in [0.15, 0.2) is 0 Å². The molecule has 0 heterocycles. The highest BCUT2D eigenvalue weighted by Gasteiger charge is 2.32. The highest BCUT2D eigenvalue weighted by atomic mass is 14.4. The van der Waals surface area contributed by atoms with Gasteiger partial charge in [-0.15, -0.1) is 0 Å². The number of hydrogen-bond donors (Lipinski definition) is 0. The van der Waals surface area contributed by atoms with Crippen LogP contribution in [0.2, 0.25) is 0 Å². The minimum Gasteiger partial charge on any atom is -0.0622 e. The van der Waals surface area contributed by atoms with Crippen molar-refractivity contribution in [2.24, 2.45) is 17.8 Å². The molecule has 0 radical (unpaired) electrons. The van der Waals surface area contributed by atoms with Crippen LogP contribution in [0.4, 0.5) is 0 Å². The molecular formula is C11H20. The smallest absolute Gasteiger partial charge is 0.0360 e. The van der Waals surface area contributed by atoms with E-state index < -0.39 is 0 Å². The van der Waals surface area contributed by atoms with Crippen molar-refractivity contribution in [2.75, 3.05) is 0 Å². The second-order valence-corrected chi connectivity index (χ2v) is 4.62. The summed E-state index contributed by atoms with van der Waals surface area (Å²) in [6.07, 6.45) is 10.7. The normalized spacial score (nSPS) is 45.0. The van der Waals surface area contributed by atoms with Gasteiger partial charge in [0.2, 0.25) is 0 Å². The summed E-state index contributed by atoms with van der Waals surface area (Å²) >= 11 is 0. The predicted octanol–water partition coefficient (Wildman–Crippen LogP) is 3.61. The van der Waals surface area contributed by atoms with Gasteiger partial charge in [-0.3, -0.25) is 0 Å². The molecule has 2 aliphatic carbocycles. The Morgan fingerprint density at radius 2 is 1.55 bits per heavy atom. The van der Waals surface area contributed by atoms with Crippen LogP contribution in [0, 0.1) is 17.8 Å². The molecule has 3 unspecified atom stereocenters. The molecule has 0 nitrogen and oxygen atoms in total. The summed E-state index contributed by atoms with van der Waals surface area (Å²) in [6, 6.07) is 0. The summed E-state index contributed by atoms with van der Waals surface area (Å²) in [5, 5.41) is 0. The van der Waals surface area contributed by atoms with Crippen LogP contribution in [-0.2, 0) is 0 Å². The van der Waals surface area contributed by atoms with Gasteiger partial charge in [-0.25, -0.2) is 0 Å². The third-order valence-corrected chi connectivity index (χ3v) is 3.93. The van der Waals surface area contributed by atoms with Gasteiger partial charge in [-0.05, 0) is 24.2 Å². The van der Waals surface area contributed by atoms with Gasteiger partial charge in [-0.2, -0.15) is 0 Å². The Morgan fingerprint density at radius 1 is 0.818 bits per heavy atom. The van der Waals surface area contributed by atoms with Crippen LogP contribution >= 0.6 is 0 Å². The first-order chi connectivity index (χ1) is 5.38. The quantitative estimate of drug-likeness (QED) is 0.497. The van der Waals surface area contributed by atoms with Crippen molar-refractivity contribution in [1.29, 1.82) is 0 Å². The third kappa shape index (κ3) is 1.45. The zero-order valence-electron chi connectivity index (χ0n) is 7.68. The maximum atomic E-state index is 2.48. The van der Waals surface area contributed by atoms with E-state index in [2.05, 4.69) is 6.92 Å². The lowest BCUT2D eigenvalue weighted by molar-refractivity contribution is 0.283. The highest BCUT2D eigenvalue weighted by Crippen LogP contribution is 2.43. The van der Waals surface area contributed by atoms with E-state index in [0.29, 0.717) is 0 Å². The molecule has 3 atom stereocenters. The molecule has 0 bridgehead atoms. The average molecular weight is 152 g/mol. The Kier molecular flexibility index (Phi) is 2.20. The van der Waals surface area contributed by atoms with E-state index in [1.807, 2.05) is 0 Å². The number of fused-ring (bicyclic) bond motifs is 1. The maximum absolute atomic E-state index is 2.48. The Morgan fingerprint density at radius 3 is 2.45 bits per heavy atom. The molecule has 11 heavy (non-hydrogen) atoms. The molecule has 0 N–H and O–H groups in total. The molecule has 2 fully saturated rings. The van der Waals surface area contributed by atoms with Gasteiger partial charge in [-0.1, -0.05) is 45.4 Å². The van der Waals surface area contributed by atoms with Crippen molar-refractivity contribution >= 4 is 0 Å². The Labute approximate surface area is 70.4 Å². The molecule has 2 saturated carbocycles. The third-order valence-electron chi connectivity index (χ3n) is 3.93. The fourth-order valence-corrected chi connectivity index (χ4v) is 3.26. The Bertz CT molecular complexity index is 128. The van der Waals surface area contributed by atoms with Crippen LogP contribution in [0.15, 0.2) is 0 Å². The highest BCUT2D eigenvalue weighted by molar-refractivity contribution is 4.83. The summed E-state index contributed by atoms with van der Waals surface area (Å²) in [7, 11) is 0. The number of rotatable bonds is 0. The fraction of sp³-hybridized carbons (Fsp3) is 1.00. The van der Waals surface area contributed by atoms with E-state index >= 15 is 0 Å². The van der Waals surface area contributed by atoms with Crippen molar-refractivity contribution in [2.45, 2.75) is 51.9 Å². The molecule has 0 heteroatoms. The standard InChI is InChI=1S/C11H20/c1-9-5-2-3-6-10-7-4-8-11(9)10/h9-11H,2-8H2,1H3. The zero-order chi connectivity index (χ0) is 7.68. The molecule has 64 valence electrons. The van der Waals surface area contributed by atoms with E-state index in [9.17, 15) is 0 Å². The van der Waals surface area contributed by atoms with Crippen molar-refractivity contribution in [3.8, 4) is 0 Å². The summed E-state index contributed by atoms with van der Waals surface area (Å²) in [4.78, 5) is 0. The van der Waals surface area contributed by atoms with Crippen LogP contribution < -0.4 is 0 Å². The summed E-state index contributed by atoms with van der Waals surface area (Å²) in [5.74, 6) is 3.30. The first-order valence-corrected chi connectivity index (χ1v) is 5.38. The van der Waals surface area contributed by atoms with E-state index in [-0.39, 0.29) is 0 Å². The number of hydrogen-bond acceptors (Lipinski definition) is 0. The van der Waals surface area contributed by atoms with E-state index in [4.69, 9.17) is 0 Å². The lowest BCUT2D eigenvalue weighted by Crippen LogP contribution is -2.13. The SMILES string of the molecule is CC1CCCCC2CCCC12. The summed E-state index contributed by atoms with van der Waals surface area (Å²) in [6.45, 7) is 2.48. The van der Waals surface area contributed by atoms with Crippen LogP contribution in [-0.4, -0.2) is 0 Å². The first kappa shape index (κ1) is 7.64. The van der Waals surface area contributed by atoms with Gasteiger partial charge < -0.3 is 0 Å². The Hall–Kier alpha value is 0. The molecule has 0 saturated heterocycles. The van der Waals surface area contributed by atoms with Crippen LogP contribution in [0.25, 0.3) is 0 Å². The molecular weight excluding hydrogens is 132 g/mol. The molecule has 0 aromatic carbocycles. The summed E-state index contributed by atoms with van der Waals surface area (Å²) < 4.78 is 0. The maximum Gasteiger partial charge on any atom is -0.0360 e. The minimum absolute atomic E-state index is 1.05. The van der Waals surface area contributed by atoms with E-state index in [0.717, 1.165) is 17.8 Å². The second kappa shape index (κ2) is 3.16. The van der Waals surface area contributed by atoms with Gasteiger partial charge in [0, 0.05) is 0 Å². The molecule has 0 aliphatic heterocycles. The fourth-order valence-electron chi connectivity index (χ4n) is 3.26. The average Bonchev–Trinajstić information content (AvgIpc) is 2.40. The van der Waals surface area contributed by atoms with Crippen LogP contribution in [0.5, 0.6) is 0 Å². The topological polar surface area (TPSA) is 0 Å². The zero-order valence-corrected chi connectivity index (χ0v) is 7.68. The van der Waals surface area contributed by atoms with E-state index in [1.165, 1.54) is 25.7 Å². The first-order valence-electron chi connectivity index (χ1n) is 5.38. The predicted molar refractivity (Wildman–Crippen MR) is 48.5 cm³/mol. The molecule has 0 aromatic rings. The Balaban J connectivity index is 2.03. The molecule has 0 aromatic heterocycles. The van der Waals surface area contributed by atoms with E-state index in [1.54, 1.807) is 19.3 Å². The molecule has 2 aliphatic rings. The van der Waals surface area contributed by atoms with Crippen molar-refractivity contribution in [3.05, 3.63) is 0 Å². The lowest BCUT2D eigenvalue weighted by atomic mass is 9.84. The van der Waals surface area contributed by atoms with Gasteiger partial charge in [0.1, 0.15) is 0 Å². The molecule has 2 rings (SSSR count). The lowest BCUT2D eigenvalue weighted by Gasteiger charge is -2.21. The van der Waals surface area contributed by atoms with Gasteiger partial charge >= 0.3 is 0 Å². The minimum atomic E-state index is 1.05. The summed E-state index contributed by atoms with van der Waals surface area (Å²) in [5.41, 5.74) is 0. The molecule has 0 amide bonds. The van der Waals surface area contributed by atoms with Crippen LogP contribution in [0.1, 0.15) is 51.9 Å². The van der Waals surface area contributed by atoms with Crippen molar-refractivity contribution in [1.82, 2.24) is 0 Å². The van der Waals surface area contributed by atoms with Crippen LogP contribution in [0.3, 0.4) is 0 Å². The van der Waals surface area contributed by atoms with Crippen molar-refractivity contribution in [3.63, 3.8) is 0 Å². The van der Waals surface area contributed by atoms with Gasteiger partial charge in [0.25, 0.3) is 0 Å². The monoisotopic (exact) mass is 152 g/mol. The van der Waals surface area contributed by atoms with Crippen molar-refractivity contribution < 1.29 is 0 Å². The van der Waals surface area contributed by atoms with Gasteiger partial charge in [0.05, 0.1) is 0 Å².